The number of hydrogen-bond donors (Lipinski definition) is 1. The minimum absolute atomic E-state index is 0.237. The summed E-state index contributed by atoms with van der Waals surface area (Å²) >= 11 is 12.3. The van der Waals surface area contributed by atoms with Crippen LogP contribution in [0.25, 0.3) is 0 Å². The molecule has 27 heavy (non-hydrogen) atoms. The first-order valence-corrected chi connectivity index (χ1v) is 8.83. The Hall–Kier alpha value is -2.70. The minimum atomic E-state index is 0.237. The van der Waals surface area contributed by atoms with Gasteiger partial charge in [0.2, 0.25) is 5.95 Å². The lowest BCUT2D eigenvalue weighted by Gasteiger charge is -2.13. The minimum Gasteiger partial charge on any atom is -0.496 e. The molecule has 0 aliphatic carbocycles. The standard InChI is InChI=1S/C19H18Cl2N4O2/c1-12-10-25(19(22)24-12)23-9-13-6-7-17(26-2)14(8-13)11-27-18-15(20)4-3-5-16(18)21/h3-10H,11H2,1-2H3,(H2,22,24). The largest absolute Gasteiger partial charge is 0.496 e. The first-order valence-electron chi connectivity index (χ1n) is 8.07. The zero-order valence-electron chi connectivity index (χ0n) is 14.8. The monoisotopic (exact) mass is 404 g/mol. The molecule has 140 valence electrons. The highest BCUT2D eigenvalue weighted by atomic mass is 35.5. The lowest BCUT2D eigenvalue weighted by atomic mass is 10.1. The van der Waals surface area contributed by atoms with Crippen molar-refractivity contribution in [2.24, 2.45) is 5.10 Å². The summed E-state index contributed by atoms with van der Waals surface area (Å²) in [6.45, 7) is 2.09. The third-order valence-electron chi connectivity index (χ3n) is 3.76. The predicted molar refractivity (Wildman–Crippen MR) is 108 cm³/mol. The molecule has 0 radical (unpaired) electrons. The smallest absolute Gasteiger partial charge is 0.221 e. The lowest BCUT2D eigenvalue weighted by Crippen LogP contribution is -2.01. The van der Waals surface area contributed by atoms with E-state index in [9.17, 15) is 0 Å². The van der Waals surface area contributed by atoms with E-state index in [1.807, 2.05) is 25.1 Å². The Bertz CT molecular complexity index is 966. The Balaban J connectivity index is 1.82. The summed E-state index contributed by atoms with van der Waals surface area (Å²) in [6, 6.07) is 10.8. The Morgan fingerprint density at radius 3 is 2.59 bits per heavy atom. The molecule has 6 nitrogen and oxygen atoms in total. The number of hydrogen-bond acceptors (Lipinski definition) is 5. The summed E-state index contributed by atoms with van der Waals surface area (Å²) in [5.74, 6) is 1.45. The topological polar surface area (TPSA) is 74.7 Å². The van der Waals surface area contributed by atoms with Crippen molar-refractivity contribution in [3.8, 4) is 11.5 Å². The molecule has 0 fully saturated rings. The van der Waals surface area contributed by atoms with Crippen molar-refractivity contribution in [1.29, 1.82) is 0 Å². The number of benzene rings is 2. The maximum Gasteiger partial charge on any atom is 0.221 e. The molecule has 0 unspecified atom stereocenters. The molecular formula is C19H18Cl2N4O2. The van der Waals surface area contributed by atoms with Crippen molar-refractivity contribution in [3.63, 3.8) is 0 Å². The van der Waals surface area contributed by atoms with Crippen LogP contribution in [0.4, 0.5) is 5.95 Å². The van der Waals surface area contributed by atoms with Gasteiger partial charge in [0, 0.05) is 5.56 Å². The van der Waals surface area contributed by atoms with Gasteiger partial charge in [0.25, 0.3) is 0 Å². The number of para-hydroxylation sites is 1. The number of nitrogens with zero attached hydrogens (tertiary/aromatic N) is 3. The van der Waals surface area contributed by atoms with E-state index in [4.69, 9.17) is 38.4 Å². The summed E-state index contributed by atoms with van der Waals surface area (Å²) < 4.78 is 12.7. The maximum atomic E-state index is 6.15. The van der Waals surface area contributed by atoms with Gasteiger partial charge in [-0.05, 0) is 42.8 Å². The Morgan fingerprint density at radius 1 is 1.22 bits per heavy atom. The van der Waals surface area contributed by atoms with Gasteiger partial charge in [-0.3, -0.25) is 0 Å². The van der Waals surface area contributed by atoms with E-state index >= 15 is 0 Å². The van der Waals surface area contributed by atoms with E-state index in [0.29, 0.717) is 27.5 Å². The molecular weight excluding hydrogens is 387 g/mol. The Kier molecular flexibility index (Phi) is 5.88. The van der Waals surface area contributed by atoms with Gasteiger partial charge in [-0.1, -0.05) is 29.3 Å². The highest BCUT2D eigenvalue weighted by Gasteiger charge is 2.10. The normalized spacial score (nSPS) is 11.1. The highest BCUT2D eigenvalue weighted by molar-refractivity contribution is 6.37. The fourth-order valence-corrected chi connectivity index (χ4v) is 2.99. The number of methoxy groups -OCH3 is 1. The van der Waals surface area contributed by atoms with Crippen LogP contribution in [0.15, 0.2) is 47.7 Å². The molecule has 1 heterocycles. The molecule has 0 aliphatic heterocycles. The highest BCUT2D eigenvalue weighted by Crippen LogP contribution is 2.33. The number of nitrogen functional groups attached to an aromatic ring is 1. The van der Waals surface area contributed by atoms with E-state index in [-0.39, 0.29) is 6.61 Å². The first-order chi connectivity index (χ1) is 13.0. The van der Waals surface area contributed by atoms with E-state index in [2.05, 4.69) is 10.1 Å². The number of aromatic nitrogens is 2. The molecule has 3 aromatic rings. The van der Waals surface area contributed by atoms with Crippen molar-refractivity contribution in [2.75, 3.05) is 12.8 Å². The number of anilines is 1. The fourth-order valence-electron chi connectivity index (χ4n) is 2.49. The molecule has 0 spiro atoms. The van der Waals surface area contributed by atoms with Gasteiger partial charge in [-0.2, -0.15) is 5.10 Å². The summed E-state index contributed by atoms with van der Waals surface area (Å²) in [4.78, 5) is 4.11. The van der Waals surface area contributed by atoms with Crippen LogP contribution in [0.3, 0.4) is 0 Å². The fraction of sp³-hybridized carbons (Fsp3) is 0.158. The van der Waals surface area contributed by atoms with Crippen molar-refractivity contribution >= 4 is 35.4 Å². The van der Waals surface area contributed by atoms with Crippen molar-refractivity contribution in [2.45, 2.75) is 13.5 Å². The number of halogens is 2. The number of rotatable bonds is 6. The number of nitrogens with two attached hydrogens (primary N) is 1. The average molecular weight is 405 g/mol. The third kappa shape index (κ3) is 4.53. The van der Waals surface area contributed by atoms with Crippen molar-refractivity contribution < 1.29 is 9.47 Å². The van der Waals surface area contributed by atoms with Crippen LogP contribution in [0.5, 0.6) is 11.5 Å². The number of ether oxygens (including phenoxy) is 2. The molecule has 0 amide bonds. The molecule has 2 aromatic carbocycles. The quantitative estimate of drug-likeness (QED) is 0.611. The van der Waals surface area contributed by atoms with Crippen molar-refractivity contribution in [3.05, 3.63) is 69.5 Å². The summed E-state index contributed by atoms with van der Waals surface area (Å²) in [5.41, 5.74) is 8.27. The van der Waals surface area contributed by atoms with Crippen LogP contribution in [0, 0.1) is 6.92 Å². The molecule has 0 saturated heterocycles. The number of imidazole rings is 1. The second-order valence-corrected chi connectivity index (χ2v) is 6.55. The molecule has 2 N–H and O–H groups in total. The van der Waals surface area contributed by atoms with Crippen LogP contribution in [0.2, 0.25) is 10.0 Å². The first kappa shape index (κ1) is 19.1. The molecule has 1 aromatic heterocycles. The van der Waals surface area contributed by atoms with Gasteiger partial charge in [0.1, 0.15) is 12.4 Å². The van der Waals surface area contributed by atoms with Crippen LogP contribution in [-0.4, -0.2) is 23.0 Å². The SMILES string of the molecule is COc1ccc(C=Nn2cc(C)nc2N)cc1COc1c(Cl)cccc1Cl. The van der Waals surface area contributed by atoms with Gasteiger partial charge in [0.05, 0.1) is 35.3 Å². The third-order valence-corrected chi connectivity index (χ3v) is 4.36. The van der Waals surface area contributed by atoms with Gasteiger partial charge < -0.3 is 15.2 Å². The molecule has 0 aliphatic rings. The van der Waals surface area contributed by atoms with E-state index in [1.165, 1.54) is 4.68 Å². The predicted octanol–water partition coefficient (Wildman–Crippen LogP) is 4.55. The van der Waals surface area contributed by atoms with E-state index in [0.717, 1.165) is 16.8 Å². The molecule has 0 atom stereocenters. The molecule has 3 rings (SSSR count). The van der Waals surface area contributed by atoms with Gasteiger partial charge in [0.15, 0.2) is 5.75 Å². The summed E-state index contributed by atoms with van der Waals surface area (Å²) in [7, 11) is 1.60. The van der Waals surface area contributed by atoms with Gasteiger partial charge in [-0.25, -0.2) is 9.66 Å². The van der Waals surface area contributed by atoms with Gasteiger partial charge in [-0.15, -0.1) is 0 Å². The Labute approximate surface area is 167 Å². The van der Waals surface area contributed by atoms with E-state index < -0.39 is 0 Å². The number of aryl methyl sites for hydroxylation is 1. The second kappa shape index (κ2) is 8.33. The van der Waals surface area contributed by atoms with Crippen LogP contribution >= 0.6 is 23.2 Å². The molecule has 0 bridgehead atoms. The van der Waals surface area contributed by atoms with Crippen LogP contribution in [-0.2, 0) is 6.61 Å². The van der Waals surface area contributed by atoms with Crippen molar-refractivity contribution in [1.82, 2.24) is 9.66 Å². The molecule has 8 heteroatoms. The second-order valence-electron chi connectivity index (χ2n) is 5.74. The zero-order valence-corrected chi connectivity index (χ0v) is 16.3. The summed E-state index contributed by atoms with van der Waals surface area (Å²) in [6.07, 6.45) is 3.43. The van der Waals surface area contributed by atoms with E-state index in [1.54, 1.807) is 37.7 Å². The Morgan fingerprint density at radius 2 is 1.96 bits per heavy atom. The molecule has 0 saturated carbocycles. The van der Waals surface area contributed by atoms with Crippen LogP contribution in [0.1, 0.15) is 16.8 Å². The summed E-state index contributed by atoms with van der Waals surface area (Å²) in [5, 5.41) is 5.22. The lowest BCUT2D eigenvalue weighted by molar-refractivity contribution is 0.297. The average Bonchev–Trinajstić information content (AvgIpc) is 2.97. The zero-order chi connectivity index (χ0) is 19.4. The van der Waals surface area contributed by atoms with Crippen LogP contribution < -0.4 is 15.2 Å². The maximum absolute atomic E-state index is 6.15. The van der Waals surface area contributed by atoms with Gasteiger partial charge >= 0.3 is 0 Å².